The van der Waals surface area contributed by atoms with Gasteiger partial charge in [0.25, 0.3) is 0 Å². The molecule has 0 heterocycles. The van der Waals surface area contributed by atoms with E-state index in [0.717, 1.165) is 0 Å². The number of alkyl halides is 8. The number of halogens is 9. The summed E-state index contributed by atoms with van der Waals surface area (Å²) in [6, 6.07) is 0. The first-order chi connectivity index (χ1) is 12.2. The molecule has 0 spiro atoms. The van der Waals surface area contributed by atoms with Crippen molar-refractivity contribution in [3.8, 4) is 0 Å². The van der Waals surface area contributed by atoms with Crippen molar-refractivity contribution < 1.29 is 76.3 Å². The van der Waals surface area contributed by atoms with Crippen LogP contribution in [0.25, 0.3) is 0 Å². The summed E-state index contributed by atoms with van der Waals surface area (Å²) < 4.78 is 153. The number of carbonyl (C=O) groups excluding carboxylic acids is 2. The Labute approximate surface area is 148 Å². The van der Waals surface area contributed by atoms with Crippen molar-refractivity contribution in [2.24, 2.45) is 0 Å². The van der Waals surface area contributed by atoms with E-state index in [1.807, 2.05) is 0 Å². The van der Waals surface area contributed by atoms with E-state index in [-0.39, 0.29) is 0 Å². The maximum absolute atomic E-state index is 13.1. The molecule has 0 aromatic carbocycles. The first kappa shape index (κ1) is 25.9. The Morgan fingerprint density at radius 2 is 1.43 bits per heavy atom. The molecule has 0 aliphatic heterocycles. The van der Waals surface area contributed by atoms with Gasteiger partial charge in [-0.3, -0.25) is 4.55 Å². The summed E-state index contributed by atoms with van der Waals surface area (Å²) in [5, 5.41) is -5.58. The van der Waals surface area contributed by atoms with E-state index in [0.29, 0.717) is 0 Å². The maximum Gasteiger partial charge on any atom is 0.468 e. The zero-order chi connectivity index (χ0) is 22.8. The lowest BCUT2D eigenvalue weighted by Crippen LogP contribution is -2.60. The molecule has 28 heavy (non-hydrogen) atoms. The van der Waals surface area contributed by atoms with Crippen LogP contribution in [0.1, 0.15) is 0 Å². The summed E-state index contributed by atoms with van der Waals surface area (Å²) in [5.41, 5.74) is 0. The number of esters is 2. The number of hydrogen-bond donors (Lipinski definition) is 1. The molecule has 0 saturated heterocycles. The topological polar surface area (TPSA) is 116 Å². The van der Waals surface area contributed by atoms with Crippen LogP contribution in [0, 0.1) is 0 Å². The first-order valence-corrected chi connectivity index (χ1v) is 7.47. The Kier molecular flexibility index (Phi) is 7.51. The lowest BCUT2D eigenvalue weighted by Gasteiger charge is -2.32. The zero-order valence-electron chi connectivity index (χ0n) is 12.7. The van der Waals surface area contributed by atoms with Gasteiger partial charge < -0.3 is 14.2 Å². The molecule has 0 amide bonds. The van der Waals surface area contributed by atoms with E-state index in [2.05, 4.69) is 20.8 Å². The number of hydrogen-bond acceptors (Lipinski definition) is 7. The predicted octanol–water partition coefficient (Wildman–Crippen LogP) is 1.87. The third kappa shape index (κ3) is 6.51. The summed E-state index contributed by atoms with van der Waals surface area (Å²) in [5.74, 6) is -14.0. The van der Waals surface area contributed by atoms with Crippen LogP contribution in [-0.4, -0.2) is 61.5 Å². The molecule has 0 rings (SSSR count). The average Bonchev–Trinajstić information content (AvgIpc) is 2.45. The fourth-order valence-corrected chi connectivity index (χ4v) is 1.28. The normalized spacial score (nSPS) is 15.5. The molecule has 8 nitrogen and oxygen atoms in total. The molecule has 0 aromatic rings. The minimum absolute atomic E-state index is 2.13. The van der Waals surface area contributed by atoms with Gasteiger partial charge in [0.1, 0.15) is 6.61 Å². The van der Waals surface area contributed by atoms with Crippen molar-refractivity contribution in [1.29, 1.82) is 0 Å². The minimum atomic E-state index is -6.50. The Bertz CT molecular complexity index is 726. The van der Waals surface area contributed by atoms with E-state index in [4.69, 9.17) is 4.55 Å². The molecular weight excluding hydrogens is 451 g/mol. The molecule has 18 heteroatoms. The fraction of sp³-hybridized carbons (Fsp3) is 0.600. The highest BCUT2D eigenvalue weighted by Gasteiger charge is 2.69. The third-order valence-electron chi connectivity index (χ3n) is 2.29. The standard InChI is InChI=1S/C10H7F9O8S/c1-4(11)5(20)27-9(10(17,18)19,6(21)25-2-7(12,13)14)26-3-8(15,16)28(22,23)24/h1-3H2,(H,22,23,24). The third-order valence-corrected chi connectivity index (χ3v) is 3.16. The lowest BCUT2D eigenvalue weighted by atomic mass is 10.2. The van der Waals surface area contributed by atoms with E-state index in [1.165, 1.54) is 0 Å². The quantitative estimate of drug-likeness (QED) is 0.193. The Hall–Kier alpha value is -2.08. The second kappa shape index (κ2) is 8.11. The summed E-state index contributed by atoms with van der Waals surface area (Å²) in [6.45, 7) is -3.72. The van der Waals surface area contributed by atoms with Gasteiger partial charge >= 0.3 is 45.5 Å². The van der Waals surface area contributed by atoms with Gasteiger partial charge in [-0.05, 0) is 0 Å². The molecule has 0 fully saturated rings. The molecule has 1 atom stereocenters. The summed E-state index contributed by atoms with van der Waals surface area (Å²) in [4.78, 5) is 22.4. The van der Waals surface area contributed by atoms with Crippen molar-refractivity contribution in [2.45, 2.75) is 23.4 Å². The molecule has 0 radical (unpaired) electrons. The Morgan fingerprint density at radius 3 is 1.75 bits per heavy atom. The number of ether oxygens (including phenoxy) is 3. The largest absolute Gasteiger partial charge is 0.468 e. The van der Waals surface area contributed by atoms with Gasteiger partial charge in [0.15, 0.2) is 6.61 Å². The van der Waals surface area contributed by atoms with Gasteiger partial charge in [-0.1, -0.05) is 6.58 Å². The van der Waals surface area contributed by atoms with Crippen molar-refractivity contribution in [2.75, 3.05) is 13.2 Å². The van der Waals surface area contributed by atoms with Gasteiger partial charge in [0.2, 0.25) is 5.83 Å². The van der Waals surface area contributed by atoms with Crippen molar-refractivity contribution in [1.82, 2.24) is 0 Å². The second-order valence-electron chi connectivity index (χ2n) is 4.50. The van der Waals surface area contributed by atoms with Crippen LogP contribution in [0.3, 0.4) is 0 Å². The fourth-order valence-electron chi connectivity index (χ4n) is 1.07. The predicted molar refractivity (Wildman–Crippen MR) is 64.6 cm³/mol. The van der Waals surface area contributed by atoms with Gasteiger partial charge in [-0.15, -0.1) is 0 Å². The van der Waals surface area contributed by atoms with Crippen LogP contribution in [0.4, 0.5) is 39.5 Å². The summed E-state index contributed by atoms with van der Waals surface area (Å²) >= 11 is 0. The summed E-state index contributed by atoms with van der Waals surface area (Å²) in [7, 11) is -6.47. The van der Waals surface area contributed by atoms with Gasteiger partial charge in [0.05, 0.1) is 0 Å². The molecular formula is C10H7F9O8S. The van der Waals surface area contributed by atoms with Crippen molar-refractivity contribution >= 4 is 22.1 Å². The van der Waals surface area contributed by atoms with E-state index in [9.17, 15) is 57.5 Å². The molecule has 1 N–H and O–H groups in total. The Balaban J connectivity index is 6.17. The molecule has 0 bridgehead atoms. The second-order valence-corrected chi connectivity index (χ2v) is 6.05. The minimum Gasteiger partial charge on any atom is -0.451 e. The van der Waals surface area contributed by atoms with Crippen molar-refractivity contribution in [3.63, 3.8) is 0 Å². The van der Waals surface area contributed by atoms with E-state index in [1.54, 1.807) is 0 Å². The molecule has 164 valence electrons. The van der Waals surface area contributed by atoms with Crippen LogP contribution >= 0.6 is 0 Å². The highest BCUT2D eigenvalue weighted by Crippen LogP contribution is 2.39. The van der Waals surface area contributed by atoms with Crippen LogP contribution in [-0.2, 0) is 33.9 Å². The van der Waals surface area contributed by atoms with Gasteiger partial charge in [-0.25, -0.2) is 9.59 Å². The van der Waals surface area contributed by atoms with Crippen LogP contribution in [0.15, 0.2) is 12.4 Å². The summed E-state index contributed by atoms with van der Waals surface area (Å²) in [6.07, 6.45) is -12.0. The molecule has 0 saturated carbocycles. The van der Waals surface area contributed by atoms with Gasteiger partial charge in [-0.2, -0.15) is 47.9 Å². The molecule has 0 aromatic heterocycles. The van der Waals surface area contributed by atoms with Crippen LogP contribution in [0.5, 0.6) is 0 Å². The Morgan fingerprint density at radius 1 is 0.964 bits per heavy atom. The van der Waals surface area contributed by atoms with Crippen LogP contribution in [0.2, 0.25) is 0 Å². The van der Waals surface area contributed by atoms with Crippen molar-refractivity contribution in [3.05, 3.63) is 12.4 Å². The smallest absolute Gasteiger partial charge is 0.451 e. The highest BCUT2D eigenvalue weighted by molar-refractivity contribution is 7.86. The molecule has 0 aliphatic rings. The molecule has 0 aliphatic carbocycles. The van der Waals surface area contributed by atoms with E-state index < -0.39 is 64.5 Å². The molecule has 1 unspecified atom stereocenters. The van der Waals surface area contributed by atoms with E-state index >= 15 is 0 Å². The van der Waals surface area contributed by atoms with Gasteiger partial charge in [0, 0.05) is 0 Å². The van der Waals surface area contributed by atoms with Crippen LogP contribution < -0.4 is 0 Å². The number of rotatable bonds is 8. The SMILES string of the molecule is C=C(F)C(=O)OC(OCC(F)(F)S(=O)(=O)O)(C(=O)OCC(F)(F)F)C(F)(F)F. The lowest BCUT2D eigenvalue weighted by molar-refractivity contribution is -0.362. The average molecular weight is 458 g/mol. The monoisotopic (exact) mass is 458 g/mol. The zero-order valence-corrected chi connectivity index (χ0v) is 13.6. The maximum atomic E-state index is 13.1. The number of carbonyl (C=O) groups is 2. The first-order valence-electron chi connectivity index (χ1n) is 6.03. The highest BCUT2D eigenvalue weighted by atomic mass is 32.2.